The molecule has 98 valence electrons. The molecule has 2 aromatic rings. The summed E-state index contributed by atoms with van der Waals surface area (Å²) in [6.07, 6.45) is 0. The first-order valence-corrected chi connectivity index (χ1v) is 6.49. The smallest absolute Gasteiger partial charge is 0.337 e. The molecule has 5 heteroatoms. The van der Waals surface area contributed by atoms with Crippen molar-refractivity contribution in [1.29, 1.82) is 0 Å². The van der Waals surface area contributed by atoms with Gasteiger partial charge in [-0.15, -0.1) is 11.3 Å². The molecule has 0 unspecified atom stereocenters. The standard InChI is InChI=1S/C14H13NO3S/c1-9-7-8-12(19-9)13(16)15(2)11-6-4-3-5-10(11)14(17)18/h3-8H,1-2H3,(H,17,18). The lowest BCUT2D eigenvalue weighted by Crippen LogP contribution is -2.27. The van der Waals surface area contributed by atoms with Crippen LogP contribution in [0.25, 0.3) is 0 Å². The maximum absolute atomic E-state index is 12.3. The Balaban J connectivity index is 2.37. The Hall–Kier alpha value is -2.14. The van der Waals surface area contributed by atoms with E-state index in [1.807, 2.05) is 13.0 Å². The molecule has 1 amide bonds. The Morgan fingerprint density at radius 1 is 1.16 bits per heavy atom. The molecular formula is C14H13NO3S. The SMILES string of the molecule is Cc1ccc(C(=O)N(C)c2ccccc2C(=O)O)s1. The Kier molecular flexibility index (Phi) is 3.66. The van der Waals surface area contributed by atoms with Crippen molar-refractivity contribution in [3.63, 3.8) is 0 Å². The van der Waals surface area contributed by atoms with Gasteiger partial charge in [0.25, 0.3) is 5.91 Å². The van der Waals surface area contributed by atoms with E-state index in [1.54, 1.807) is 31.3 Å². The van der Waals surface area contributed by atoms with Crippen LogP contribution in [0.5, 0.6) is 0 Å². The van der Waals surface area contributed by atoms with E-state index in [-0.39, 0.29) is 11.5 Å². The predicted octanol–water partition coefficient (Wildman–Crippen LogP) is 3.03. The number of aromatic carboxylic acids is 1. The van der Waals surface area contributed by atoms with Crippen molar-refractivity contribution in [2.75, 3.05) is 11.9 Å². The molecular weight excluding hydrogens is 262 g/mol. The van der Waals surface area contributed by atoms with Gasteiger partial charge in [-0.3, -0.25) is 4.79 Å². The molecule has 0 spiro atoms. The molecule has 0 aliphatic carbocycles. The minimum Gasteiger partial charge on any atom is -0.478 e. The highest BCUT2D eigenvalue weighted by molar-refractivity contribution is 7.14. The van der Waals surface area contributed by atoms with E-state index in [2.05, 4.69) is 0 Å². The molecule has 1 heterocycles. The van der Waals surface area contributed by atoms with Gasteiger partial charge in [0.15, 0.2) is 0 Å². The van der Waals surface area contributed by atoms with Crippen LogP contribution < -0.4 is 4.90 Å². The van der Waals surface area contributed by atoms with Crippen LogP contribution in [0, 0.1) is 6.92 Å². The van der Waals surface area contributed by atoms with Gasteiger partial charge >= 0.3 is 5.97 Å². The lowest BCUT2D eigenvalue weighted by molar-refractivity contribution is 0.0697. The largest absolute Gasteiger partial charge is 0.478 e. The summed E-state index contributed by atoms with van der Waals surface area (Å²) in [7, 11) is 1.58. The van der Waals surface area contributed by atoms with Gasteiger partial charge in [-0.05, 0) is 31.2 Å². The Labute approximate surface area is 114 Å². The third-order valence-electron chi connectivity index (χ3n) is 2.75. The number of benzene rings is 1. The molecule has 0 saturated heterocycles. The number of hydrogen-bond donors (Lipinski definition) is 1. The number of hydrogen-bond acceptors (Lipinski definition) is 3. The summed E-state index contributed by atoms with van der Waals surface area (Å²) in [6, 6.07) is 10.1. The number of para-hydroxylation sites is 1. The summed E-state index contributed by atoms with van der Waals surface area (Å²) < 4.78 is 0. The molecule has 0 fully saturated rings. The van der Waals surface area contributed by atoms with Crippen LogP contribution in [0.1, 0.15) is 24.9 Å². The molecule has 1 aromatic heterocycles. The van der Waals surface area contributed by atoms with Gasteiger partial charge in [0.2, 0.25) is 0 Å². The van der Waals surface area contributed by atoms with Crippen LogP contribution in [0.2, 0.25) is 0 Å². The van der Waals surface area contributed by atoms with Gasteiger partial charge in [0.05, 0.1) is 16.1 Å². The zero-order chi connectivity index (χ0) is 14.0. The topological polar surface area (TPSA) is 57.6 Å². The molecule has 1 N–H and O–H groups in total. The van der Waals surface area contributed by atoms with Crippen molar-refractivity contribution in [1.82, 2.24) is 0 Å². The van der Waals surface area contributed by atoms with Gasteiger partial charge in [-0.2, -0.15) is 0 Å². The van der Waals surface area contributed by atoms with E-state index < -0.39 is 5.97 Å². The number of thiophene rings is 1. The number of carboxylic acids is 1. The van der Waals surface area contributed by atoms with Crippen LogP contribution in [0.4, 0.5) is 5.69 Å². The first-order valence-electron chi connectivity index (χ1n) is 5.67. The minimum atomic E-state index is -1.04. The zero-order valence-corrected chi connectivity index (χ0v) is 11.4. The van der Waals surface area contributed by atoms with Gasteiger partial charge in [0.1, 0.15) is 0 Å². The van der Waals surface area contributed by atoms with E-state index in [0.29, 0.717) is 10.6 Å². The van der Waals surface area contributed by atoms with Crippen molar-refractivity contribution >= 4 is 28.9 Å². The number of carbonyl (C=O) groups excluding carboxylic acids is 1. The highest BCUT2D eigenvalue weighted by atomic mass is 32.1. The molecule has 0 saturated carbocycles. The molecule has 4 nitrogen and oxygen atoms in total. The molecule has 19 heavy (non-hydrogen) atoms. The van der Waals surface area contributed by atoms with Gasteiger partial charge in [-0.25, -0.2) is 4.79 Å². The quantitative estimate of drug-likeness (QED) is 0.936. The molecule has 0 aliphatic heterocycles. The number of carboxylic acid groups (broad SMARTS) is 1. The summed E-state index contributed by atoms with van der Waals surface area (Å²) >= 11 is 1.39. The lowest BCUT2D eigenvalue weighted by Gasteiger charge is -2.18. The van der Waals surface area contributed by atoms with Crippen molar-refractivity contribution in [3.8, 4) is 0 Å². The van der Waals surface area contributed by atoms with E-state index in [1.165, 1.54) is 22.3 Å². The van der Waals surface area contributed by atoms with Crippen molar-refractivity contribution in [2.45, 2.75) is 6.92 Å². The maximum Gasteiger partial charge on any atom is 0.337 e. The number of carbonyl (C=O) groups is 2. The van der Waals surface area contributed by atoms with E-state index >= 15 is 0 Å². The van der Waals surface area contributed by atoms with Gasteiger partial charge in [0, 0.05) is 11.9 Å². The fourth-order valence-electron chi connectivity index (χ4n) is 1.77. The van der Waals surface area contributed by atoms with Crippen LogP contribution in [-0.4, -0.2) is 24.0 Å². The average molecular weight is 275 g/mol. The van der Waals surface area contributed by atoms with E-state index in [4.69, 9.17) is 5.11 Å². The average Bonchev–Trinajstić information content (AvgIpc) is 2.83. The Morgan fingerprint density at radius 3 is 2.42 bits per heavy atom. The monoisotopic (exact) mass is 275 g/mol. The normalized spacial score (nSPS) is 10.2. The first kappa shape index (κ1) is 13.3. The van der Waals surface area contributed by atoms with Crippen molar-refractivity contribution in [2.24, 2.45) is 0 Å². The minimum absolute atomic E-state index is 0.117. The summed E-state index contributed by atoms with van der Waals surface area (Å²) in [5.74, 6) is -1.25. The second kappa shape index (κ2) is 5.24. The third-order valence-corrected chi connectivity index (χ3v) is 3.74. The highest BCUT2D eigenvalue weighted by Gasteiger charge is 2.19. The second-order valence-electron chi connectivity index (χ2n) is 4.10. The summed E-state index contributed by atoms with van der Waals surface area (Å²) in [4.78, 5) is 26.4. The molecule has 2 rings (SSSR count). The van der Waals surface area contributed by atoms with E-state index in [0.717, 1.165) is 4.88 Å². The van der Waals surface area contributed by atoms with Crippen LogP contribution >= 0.6 is 11.3 Å². The predicted molar refractivity (Wildman–Crippen MR) is 75.2 cm³/mol. The molecule has 0 bridgehead atoms. The van der Waals surface area contributed by atoms with Crippen LogP contribution in [0.15, 0.2) is 36.4 Å². The Morgan fingerprint density at radius 2 is 1.84 bits per heavy atom. The Bertz CT molecular complexity index is 633. The first-order chi connectivity index (χ1) is 9.00. The number of amides is 1. The number of rotatable bonds is 3. The number of nitrogens with zero attached hydrogens (tertiary/aromatic N) is 1. The fourth-order valence-corrected chi connectivity index (χ4v) is 2.61. The van der Waals surface area contributed by atoms with Crippen molar-refractivity contribution in [3.05, 3.63) is 51.7 Å². The highest BCUT2D eigenvalue weighted by Crippen LogP contribution is 2.23. The number of anilines is 1. The van der Waals surface area contributed by atoms with Gasteiger partial charge < -0.3 is 10.0 Å². The van der Waals surface area contributed by atoms with Gasteiger partial charge in [-0.1, -0.05) is 12.1 Å². The summed E-state index contributed by atoms with van der Waals surface area (Å²) in [6.45, 7) is 1.92. The third kappa shape index (κ3) is 2.66. The molecule has 1 aromatic carbocycles. The number of aryl methyl sites for hydroxylation is 1. The van der Waals surface area contributed by atoms with E-state index in [9.17, 15) is 9.59 Å². The maximum atomic E-state index is 12.3. The second-order valence-corrected chi connectivity index (χ2v) is 5.38. The fraction of sp³-hybridized carbons (Fsp3) is 0.143. The summed E-state index contributed by atoms with van der Waals surface area (Å²) in [5.41, 5.74) is 0.512. The van der Waals surface area contributed by atoms with Crippen LogP contribution in [0.3, 0.4) is 0 Å². The molecule has 0 aliphatic rings. The van der Waals surface area contributed by atoms with Crippen molar-refractivity contribution < 1.29 is 14.7 Å². The lowest BCUT2D eigenvalue weighted by atomic mass is 10.1. The molecule has 0 atom stereocenters. The summed E-state index contributed by atoms with van der Waals surface area (Å²) in [5, 5.41) is 9.14. The zero-order valence-electron chi connectivity index (χ0n) is 10.6. The molecule has 0 radical (unpaired) electrons. The van der Waals surface area contributed by atoms with Crippen LogP contribution in [-0.2, 0) is 0 Å².